The normalized spacial score (nSPS) is 10.9. The molecule has 1 aromatic carbocycles. The highest BCUT2D eigenvalue weighted by Gasteiger charge is 2.22. The number of nitro groups is 1. The van der Waals surface area contributed by atoms with E-state index in [9.17, 15) is 10.1 Å². The number of hydrogen-bond acceptors (Lipinski definition) is 5. The van der Waals surface area contributed by atoms with Crippen LogP contribution >= 0.6 is 27.3 Å². The van der Waals surface area contributed by atoms with Crippen molar-refractivity contribution in [3.63, 3.8) is 0 Å². The number of rotatable bonds is 4. The molecule has 0 spiro atoms. The zero-order chi connectivity index (χ0) is 16.6. The van der Waals surface area contributed by atoms with Gasteiger partial charge in [0.15, 0.2) is 0 Å². The van der Waals surface area contributed by atoms with E-state index in [0.717, 1.165) is 20.7 Å². The van der Waals surface area contributed by atoms with Gasteiger partial charge >= 0.3 is 5.69 Å². The van der Waals surface area contributed by atoms with Crippen molar-refractivity contribution in [3.8, 4) is 10.6 Å². The van der Waals surface area contributed by atoms with Gasteiger partial charge in [0.25, 0.3) is 0 Å². The molecule has 0 aliphatic carbocycles. The van der Waals surface area contributed by atoms with Crippen molar-refractivity contribution < 1.29 is 4.92 Å². The molecule has 0 N–H and O–H groups in total. The molecular formula is C15H13BrN4O2S. The fraction of sp³-hybridized carbons (Fsp3) is 0.200. The molecule has 118 valence electrons. The summed E-state index contributed by atoms with van der Waals surface area (Å²) in [5, 5.41) is 18.2. The first-order chi connectivity index (χ1) is 11.0. The van der Waals surface area contributed by atoms with Crippen molar-refractivity contribution in [1.82, 2.24) is 14.8 Å². The second-order valence-electron chi connectivity index (χ2n) is 5.09. The van der Waals surface area contributed by atoms with Crippen molar-refractivity contribution in [2.75, 3.05) is 0 Å². The Labute approximate surface area is 145 Å². The maximum absolute atomic E-state index is 11.1. The van der Waals surface area contributed by atoms with Crippen LogP contribution in [0.5, 0.6) is 0 Å². The average Bonchev–Trinajstić information content (AvgIpc) is 3.05. The third-order valence-corrected chi connectivity index (χ3v) is 4.89. The van der Waals surface area contributed by atoms with Crippen LogP contribution in [0.3, 0.4) is 0 Å². The minimum absolute atomic E-state index is 0.0763. The molecule has 0 unspecified atom stereocenters. The Morgan fingerprint density at radius 3 is 2.83 bits per heavy atom. The SMILES string of the molecule is Cc1nn(Cc2csc(-c3cccc(Br)c3)n2)c(C)c1[N+](=O)[O-]. The lowest BCUT2D eigenvalue weighted by molar-refractivity contribution is -0.386. The molecule has 0 amide bonds. The van der Waals surface area contributed by atoms with Gasteiger partial charge in [-0.2, -0.15) is 5.10 Å². The molecule has 6 nitrogen and oxygen atoms in total. The highest BCUT2D eigenvalue weighted by Crippen LogP contribution is 2.27. The molecule has 2 heterocycles. The summed E-state index contributed by atoms with van der Waals surface area (Å²) in [6, 6.07) is 7.94. The number of thiazole rings is 1. The smallest absolute Gasteiger partial charge is 0.258 e. The van der Waals surface area contributed by atoms with E-state index < -0.39 is 0 Å². The van der Waals surface area contributed by atoms with E-state index in [1.54, 1.807) is 29.9 Å². The van der Waals surface area contributed by atoms with Crippen LogP contribution in [0.15, 0.2) is 34.1 Å². The predicted octanol–water partition coefficient (Wildman–Crippen LogP) is 4.34. The lowest BCUT2D eigenvalue weighted by Crippen LogP contribution is -2.04. The molecule has 0 aliphatic rings. The maximum Gasteiger partial charge on any atom is 0.312 e. The quantitative estimate of drug-likeness (QED) is 0.488. The van der Waals surface area contributed by atoms with E-state index in [1.807, 2.05) is 29.6 Å². The Hall–Kier alpha value is -2.06. The first-order valence-electron chi connectivity index (χ1n) is 6.84. The van der Waals surface area contributed by atoms with E-state index >= 15 is 0 Å². The summed E-state index contributed by atoms with van der Waals surface area (Å²) >= 11 is 5.00. The second-order valence-corrected chi connectivity index (χ2v) is 6.86. The highest BCUT2D eigenvalue weighted by atomic mass is 79.9. The van der Waals surface area contributed by atoms with Gasteiger partial charge in [0.05, 0.1) is 17.2 Å². The Kier molecular flexibility index (Phi) is 4.27. The third kappa shape index (κ3) is 3.18. The van der Waals surface area contributed by atoms with Crippen LogP contribution in [0.4, 0.5) is 5.69 Å². The van der Waals surface area contributed by atoms with Gasteiger partial charge in [-0.3, -0.25) is 14.8 Å². The van der Waals surface area contributed by atoms with Gasteiger partial charge in [0, 0.05) is 15.4 Å². The Morgan fingerprint density at radius 1 is 1.39 bits per heavy atom. The Bertz CT molecular complexity index is 887. The number of aromatic nitrogens is 3. The van der Waals surface area contributed by atoms with E-state index in [1.165, 1.54) is 0 Å². The third-order valence-electron chi connectivity index (χ3n) is 3.46. The van der Waals surface area contributed by atoms with Crippen LogP contribution in [0, 0.1) is 24.0 Å². The van der Waals surface area contributed by atoms with Crippen LogP contribution < -0.4 is 0 Å². The number of halogens is 1. The van der Waals surface area contributed by atoms with Gasteiger partial charge in [-0.15, -0.1) is 11.3 Å². The fourth-order valence-corrected chi connectivity index (χ4v) is 3.60. The largest absolute Gasteiger partial charge is 0.312 e. The summed E-state index contributed by atoms with van der Waals surface area (Å²) in [5.74, 6) is 0. The monoisotopic (exact) mass is 392 g/mol. The zero-order valence-electron chi connectivity index (χ0n) is 12.5. The molecule has 23 heavy (non-hydrogen) atoms. The lowest BCUT2D eigenvalue weighted by atomic mass is 10.2. The van der Waals surface area contributed by atoms with Gasteiger partial charge in [0.1, 0.15) is 16.4 Å². The molecule has 0 saturated carbocycles. The van der Waals surface area contributed by atoms with E-state index in [0.29, 0.717) is 17.9 Å². The molecule has 0 saturated heterocycles. The summed E-state index contributed by atoms with van der Waals surface area (Å²) in [7, 11) is 0. The lowest BCUT2D eigenvalue weighted by Gasteiger charge is -2.00. The standard InChI is InChI=1S/C15H13BrN4O2S/c1-9-14(20(21)22)10(2)19(18-9)7-13-8-23-15(17-13)11-4-3-5-12(16)6-11/h3-6,8H,7H2,1-2H3. The van der Waals surface area contributed by atoms with Gasteiger partial charge < -0.3 is 0 Å². The molecule has 8 heteroatoms. The number of hydrogen-bond donors (Lipinski definition) is 0. The highest BCUT2D eigenvalue weighted by molar-refractivity contribution is 9.10. The maximum atomic E-state index is 11.1. The average molecular weight is 393 g/mol. The number of nitrogens with zero attached hydrogens (tertiary/aromatic N) is 4. The molecule has 0 aliphatic heterocycles. The van der Waals surface area contributed by atoms with E-state index in [4.69, 9.17) is 0 Å². The molecule has 0 bridgehead atoms. The Balaban J connectivity index is 1.88. The van der Waals surface area contributed by atoms with Gasteiger partial charge in [0.2, 0.25) is 0 Å². The zero-order valence-corrected chi connectivity index (χ0v) is 14.9. The minimum Gasteiger partial charge on any atom is -0.258 e. The second kappa shape index (κ2) is 6.21. The first-order valence-corrected chi connectivity index (χ1v) is 8.51. The van der Waals surface area contributed by atoms with Crippen LogP contribution in [0.1, 0.15) is 17.1 Å². The van der Waals surface area contributed by atoms with Gasteiger partial charge in [-0.05, 0) is 26.0 Å². The van der Waals surface area contributed by atoms with Crippen LogP contribution in [0.2, 0.25) is 0 Å². The topological polar surface area (TPSA) is 73.8 Å². The first kappa shape index (κ1) is 15.8. The van der Waals surface area contributed by atoms with Crippen molar-refractivity contribution >= 4 is 33.0 Å². The summed E-state index contributed by atoms with van der Waals surface area (Å²) < 4.78 is 2.63. The van der Waals surface area contributed by atoms with Crippen LogP contribution in [-0.2, 0) is 6.54 Å². The van der Waals surface area contributed by atoms with Crippen LogP contribution in [-0.4, -0.2) is 19.7 Å². The fourth-order valence-electron chi connectivity index (χ4n) is 2.39. The van der Waals surface area contributed by atoms with Crippen molar-refractivity contribution in [1.29, 1.82) is 0 Å². The molecule has 0 atom stereocenters. The van der Waals surface area contributed by atoms with E-state index in [2.05, 4.69) is 26.0 Å². The summed E-state index contributed by atoms with van der Waals surface area (Å²) in [6.45, 7) is 3.78. The molecule has 0 radical (unpaired) electrons. The predicted molar refractivity (Wildman–Crippen MR) is 92.7 cm³/mol. The Morgan fingerprint density at radius 2 is 2.17 bits per heavy atom. The number of aryl methyl sites for hydroxylation is 1. The number of benzene rings is 1. The van der Waals surface area contributed by atoms with Crippen LogP contribution in [0.25, 0.3) is 10.6 Å². The molecule has 0 fully saturated rings. The molecular weight excluding hydrogens is 380 g/mol. The molecule has 3 rings (SSSR count). The van der Waals surface area contributed by atoms with Gasteiger partial charge in [-0.25, -0.2) is 4.98 Å². The molecule has 2 aromatic heterocycles. The van der Waals surface area contributed by atoms with E-state index in [-0.39, 0.29) is 10.6 Å². The summed E-state index contributed by atoms with van der Waals surface area (Å²) in [6.07, 6.45) is 0. The van der Waals surface area contributed by atoms with Crippen molar-refractivity contribution in [3.05, 3.63) is 61.3 Å². The minimum atomic E-state index is -0.387. The summed E-state index contributed by atoms with van der Waals surface area (Å²) in [4.78, 5) is 15.3. The molecule has 3 aromatic rings. The van der Waals surface area contributed by atoms with Crippen molar-refractivity contribution in [2.24, 2.45) is 0 Å². The van der Waals surface area contributed by atoms with Gasteiger partial charge in [-0.1, -0.05) is 28.1 Å². The summed E-state index contributed by atoms with van der Waals surface area (Å²) in [5.41, 5.74) is 2.92. The van der Waals surface area contributed by atoms with Crippen molar-refractivity contribution in [2.45, 2.75) is 20.4 Å².